The summed E-state index contributed by atoms with van der Waals surface area (Å²) in [4.78, 5) is 14.7. The third kappa shape index (κ3) is 5.71. The lowest BCUT2D eigenvalue weighted by molar-refractivity contribution is 0.669. The lowest BCUT2D eigenvalue weighted by Gasteiger charge is -2.10. The van der Waals surface area contributed by atoms with Crippen LogP contribution in [0.3, 0.4) is 0 Å². The summed E-state index contributed by atoms with van der Waals surface area (Å²) in [6.07, 6.45) is 0. The molecule has 0 atom stereocenters. The lowest BCUT2D eigenvalue weighted by atomic mass is 9.94. The molecule has 0 fully saturated rings. The Morgan fingerprint density at radius 1 is 0.392 bits per heavy atom. The van der Waals surface area contributed by atoms with Crippen molar-refractivity contribution in [1.82, 2.24) is 15.0 Å². The van der Waals surface area contributed by atoms with Crippen molar-refractivity contribution in [3.8, 4) is 73.6 Å². The maximum Gasteiger partial charge on any atom is 0.164 e. The molecule has 0 N–H and O–H groups in total. The van der Waals surface area contributed by atoms with Gasteiger partial charge in [-0.2, -0.15) is 5.26 Å². The van der Waals surface area contributed by atoms with Crippen molar-refractivity contribution < 1.29 is 4.42 Å². The molecular formula is C46H28N4O. The highest BCUT2D eigenvalue weighted by molar-refractivity contribution is 6.13. The number of nitrogens with zero attached hydrogens (tertiary/aromatic N) is 4. The second-order valence-electron chi connectivity index (χ2n) is 12.4. The second-order valence-corrected chi connectivity index (χ2v) is 12.4. The highest BCUT2D eigenvalue weighted by atomic mass is 16.3. The Kier molecular flexibility index (Phi) is 7.46. The average molecular weight is 653 g/mol. The second kappa shape index (κ2) is 12.7. The van der Waals surface area contributed by atoms with Gasteiger partial charge in [0.15, 0.2) is 17.5 Å². The van der Waals surface area contributed by atoms with Gasteiger partial charge < -0.3 is 4.42 Å². The number of fused-ring (bicyclic) bond motifs is 3. The highest BCUT2D eigenvalue weighted by Crippen LogP contribution is 2.39. The third-order valence-corrected chi connectivity index (χ3v) is 9.15. The van der Waals surface area contributed by atoms with Gasteiger partial charge >= 0.3 is 0 Å². The molecular weight excluding hydrogens is 625 g/mol. The summed E-state index contributed by atoms with van der Waals surface area (Å²) in [5, 5.41) is 11.6. The van der Waals surface area contributed by atoms with Crippen LogP contribution in [0, 0.1) is 11.3 Å². The van der Waals surface area contributed by atoms with Crippen molar-refractivity contribution in [2.45, 2.75) is 0 Å². The molecule has 238 valence electrons. The van der Waals surface area contributed by atoms with Gasteiger partial charge in [0.2, 0.25) is 0 Å². The molecule has 0 amide bonds. The Labute approximate surface area is 294 Å². The molecule has 2 aromatic heterocycles. The first-order chi connectivity index (χ1) is 25.2. The Hall–Kier alpha value is -7.16. The van der Waals surface area contributed by atoms with E-state index in [9.17, 15) is 5.26 Å². The van der Waals surface area contributed by atoms with Crippen LogP contribution in [0.1, 0.15) is 5.56 Å². The minimum absolute atomic E-state index is 0.502. The van der Waals surface area contributed by atoms with Gasteiger partial charge in [-0.25, -0.2) is 15.0 Å². The predicted molar refractivity (Wildman–Crippen MR) is 204 cm³/mol. The predicted octanol–water partition coefficient (Wildman–Crippen LogP) is 11.6. The Morgan fingerprint density at radius 2 is 0.922 bits per heavy atom. The van der Waals surface area contributed by atoms with Crippen molar-refractivity contribution in [3.05, 3.63) is 175 Å². The van der Waals surface area contributed by atoms with Crippen molar-refractivity contribution in [3.63, 3.8) is 0 Å². The van der Waals surface area contributed by atoms with Gasteiger partial charge in [0, 0.05) is 27.5 Å². The fraction of sp³-hybridized carbons (Fsp3) is 0. The van der Waals surface area contributed by atoms with E-state index in [4.69, 9.17) is 19.4 Å². The standard InChI is InChI=1S/C46H28N4O/c47-29-30-11-7-20-37(25-30)45-48-44(32-14-5-2-6-15-32)49-46(50-45)38-23-24-41-40(28-38)43-39(21-10-22-42(43)51-41)36-19-9-18-35(27-36)34-17-8-16-33(26-34)31-12-3-1-4-13-31/h1-28H. The van der Waals surface area contributed by atoms with E-state index >= 15 is 0 Å². The van der Waals surface area contributed by atoms with Crippen LogP contribution >= 0.6 is 0 Å². The van der Waals surface area contributed by atoms with Gasteiger partial charge in [-0.3, -0.25) is 0 Å². The molecule has 9 aromatic rings. The number of furan rings is 1. The third-order valence-electron chi connectivity index (χ3n) is 9.15. The van der Waals surface area contributed by atoms with Crippen LogP contribution in [-0.4, -0.2) is 15.0 Å². The van der Waals surface area contributed by atoms with Crippen molar-refractivity contribution in [2.24, 2.45) is 0 Å². The van der Waals surface area contributed by atoms with E-state index < -0.39 is 0 Å². The summed E-state index contributed by atoms with van der Waals surface area (Å²) in [7, 11) is 0. The van der Waals surface area contributed by atoms with Crippen LogP contribution in [-0.2, 0) is 0 Å². The molecule has 0 spiro atoms. The zero-order valence-electron chi connectivity index (χ0n) is 27.4. The molecule has 0 aliphatic carbocycles. The zero-order valence-corrected chi connectivity index (χ0v) is 27.4. The van der Waals surface area contributed by atoms with Gasteiger partial charge in [-0.05, 0) is 81.9 Å². The molecule has 0 radical (unpaired) electrons. The molecule has 0 saturated carbocycles. The molecule has 0 unspecified atom stereocenters. The molecule has 7 aromatic carbocycles. The molecule has 0 aliphatic rings. The van der Waals surface area contributed by atoms with Gasteiger partial charge in [0.1, 0.15) is 11.2 Å². The molecule has 51 heavy (non-hydrogen) atoms. The van der Waals surface area contributed by atoms with E-state index in [0.29, 0.717) is 23.0 Å². The number of hydrogen-bond donors (Lipinski definition) is 0. The van der Waals surface area contributed by atoms with Gasteiger partial charge in [0.05, 0.1) is 11.6 Å². The number of aromatic nitrogens is 3. The molecule has 2 heterocycles. The van der Waals surface area contributed by atoms with Gasteiger partial charge in [-0.1, -0.05) is 121 Å². The molecule has 0 aliphatic heterocycles. The van der Waals surface area contributed by atoms with E-state index in [1.54, 1.807) is 12.1 Å². The first kappa shape index (κ1) is 29.9. The van der Waals surface area contributed by atoms with Gasteiger partial charge in [-0.15, -0.1) is 0 Å². The number of hydrogen-bond acceptors (Lipinski definition) is 5. The van der Waals surface area contributed by atoms with Crippen LogP contribution in [0.2, 0.25) is 0 Å². The summed E-state index contributed by atoms with van der Waals surface area (Å²) >= 11 is 0. The minimum Gasteiger partial charge on any atom is -0.456 e. The lowest BCUT2D eigenvalue weighted by Crippen LogP contribution is -2.00. The van der Waals surface area contributed by atoms with E-state index in [2.05, 4.69) is 91.0 Å². The van der Waals surface area contributed by atoms with E-state index in [0.717, 1.165) is 60.9 Å². The van der Waals surface area contributed by atoms with E-state index in [1.807, 2.05) is 72.8 Å². The summed E-state index contributed by atoms with van der Waals surface area (Å²) in [6.45, 7) is 0. The topological polar surface area (TPSA) is 75.6 Å². The summed E-state index contributed by atoms with van der Waals surface area (Å²) in [6, 6.07) is 59.6. The number of nitriles is 1. The van der Waals surface area contributed by atoms with Crippen molar-refractivity contribution >= 4 is 21.9 Å². The first-order valence-corrected chi connectivity index (χ1v) is 16.7. The van der Waals surface area contributed by atoms with E-state index in [-0.39, 0.29) is 0 Å². The Balaban J connectivity index is 1.17. The molecule has 0 saturated heterocycles. The maximum absolute atomic E-state index is 9.56. The summed E-state index contributed by atoms with van der Waals surface area (Å²) < 4.78 is 6.41. The number of benzene rings is 7. The van der Waals surface area contributed by atoms with E-state index in [1.165, 1.54) is 11.1 Å². The molecule has 5 heteroatoms. The molecule has 9 rings (SSSR count). The highest BCUT2D eigenvalue weighted by Gasteiger charge is 2.17. The average Bonchev–Trinajstić information content (AvgIpc) is 3.60. The SMILES string of the molecule is N#Cc1cccc(-c2nc(-c3ccccc3)nc(-c3ccc4oc5cccc(-c6cccc(-c7cccc(-c8ccccc8)c7)c6)c5c4c3)n2)c1. The largest absolute Gasteiger partial charge is 0.456 e. The molecule has 0 bridgehead atoms. The maximum atomic E-state index is 9.56. The summed E-state index contributed by atoms with van der Waals surface area (Å²) in [5.74, 6) is 1.60. The Bertz CT molecular complexity index is 2760. The minimum atomic E-state index is 0.502. The summed E-state index contributed by atoms with van der Waals surface area (Å²) in [5.41, 5.74) is 11.5. The zero-order chi connectivity index (χ0) is 34.1. The van der Waals surface area contributed by atoms with Crippen molar-refractivity contribution in [1.29, 1.82) is 5.26 Å². The first-order valence-electron chi connectivity index (χ1n) is 16.7. The van der Waals surface area contributed by atoms with Crippen LogP contribution in [0.15, 0.2) is 174 Å². The molecule has 5 nitrogen and oxygen atoms in total. The van der Waals surface area contributed by atoms with Crippen LogP contribution < -0.4 is 0 Å². The van der Waals surface area contributed by atoms with Crippen LogP contribution in [0.25, 0.3) is 89.5 Å². The Morgan fingerprint density at radius 3 is 1.63 bits per heavy atom. The smallest absolute Gasteiger partial charge is 0.164 e. The fourth-order valence-corrected chi connectivity index (χ4v) is 6.66. The van der Waals surface area contributed by atoms with Crippen LogP contribution in [0.5, 0.6) is 0 Å². The fourth-order valence-electron chi connectivity index (χ4n) is 6.66. The number of rotatable bonds is 6. The van der Waals surface area contributed by atoms with Gasteiger partial charge in [0.25, 0.3) is 0 Å². The quantitative estimate of drug-likeness (QED) is 0.179. The van der Waals surface area contributed by atoms with Crippen molar-refractivity contribution in [2.75, 3.05) is 0 Å². The van der Waals surface area contributed by atoms with Crippen LogP contribution in [0.4, 0.5) is 0 Å². The monoisotopic (exact) mass is 652 g/mol. The normalized spacial score (nSPS) is 11.1.